The first-order valence-electron chi connectivity index (χ1n) is 15.5. The molecule has 8 rings (SSSR count). The molecule has 2 amide bonds. The van der Waals surface area contributed by atoms with Crippen molar-refractivity contribution in [3.63, 3.8) is 0 Å². The number of aliphatic hydroxyl groups excluding tert-OH is 1. The molecule has 5 heteroatoms. The summed E-state index contributed by atoms with van der Waals surface area (Å²) in [6.07, 6.45) is 18.5. The molecule has 1 heterocycles. The van der Waals surface area contributed by atoms with Crippen molar-refractivity contribution < 1.29 is 14.7 Å². The van der Waals surface area contributed by atoms with Crippen molar-refractivity contribution in [2.75, 3.05) is 13.2 Å². The lowest BCUT2D eigenvalue weighted by Crippen LogP contribution is -2.62. The van der Waals surface area contributed by atoms with Gasteiger partial charge in [0.2, 0.25) is 11.8 Å². The lowest BCUT2D eigenvalue weighted by molar-refractivity contribution is -0.146. The van der Waals surface area contributed by atoms with Crippen LogP contribution < -0.4 is 5.32 Å². The van der Waals surface area contributed by atoms with Gasteiger partial charge in [0.15, 0.2) is 0 Å². The molecule has 198 valence electrons. The van der Waals surface area contributed by atoms with E-state index in [0.717, 1.165) is 94.1 Å². The van der Waals surface area contributed by atoms with E-state index in [-0.39, 0.29) is 29.9 Å². The minimum atomic E-state index is -0.150. The van der Waals surface area contributed by atoms with Crippen LogP contribution in [-0.2, 0) is 9.59 Å². The molecule has 0 saturated heterocycles. The van der Waals surface area contributed by atoms with Gasteiger partial charge in [0.25, 0.3) is 0 Å². The molecule has 7 aliphatic carbocycles. The molecule has 0 spiro atoms. The van der Waals surface area contributed by atoms with Gasteiger partial charge >= 0.3 is 0 Å². The maximum atomic E-state index is 14.4. The Hall–Kier alpha value is -1.36. The van der Waals surface area contributed by atoms with E-state index in [9.17, 15) is 14.7 Å². The topological polar surface area (TPSA) is 69.6 Å². The molecule has 0 radical (unpaired) electrons. The Bertz CT molecular complexity index is 893. The molecule has 0 aromatic carbocycles. The first-order valence-corrected chi connectivity index (χ1v) is 15.5. The van der Waals surface area contributed by atoms with Crippen LogP contribution in [0, 0.1) is 40.9 Å². The van der Waals surface area contributed by atoms with Crippen molar-refractivity contribution in [1.82, 2.24) is 10.2 Å². The number of nitrogens with one attached hydrogen (secondary N) is 1. The number of aliphatic hydroxyl groups is 1. The SMILES string of the molecule is O=C(NC1CC1)[C@@H]1C2=C(CCCC2)C(=O)N(CC23CC4CC(CC(C4)C2)C3)[C@H]1C1CCC(CO)CC1. The van der Waals surface area contributed by atoms with Gasteiger partial charge in [0.05, 0.1) is 12.0 Å². The van der Waals surface area contributed by atoms with Gasteiger partial charge in [0, 0.05) is 24.8 Å². The number of carbonyl (C=O) groups is 2. The highest BCUT2D eigenvalue weighted by Gasteiger charge is 2.55. The van der Waals surface area contributed by atoms with Gasteiger partial charge in [-0.15, -0.1) is 0 Å². The molecular formula is C31H46N2O3. The summed E-state index contributed by atoms with van der Waals surface area (Å²) in [7, 11) is 0. The van der Waals surface area contributed by atoms with Gasteiger partial charge in [-0.25, -0.2) is 0 Å². The lowest BCUT2D eigenvalue weighted by Gasteiger charge is -2.59. The lowest BCUT2D eigenvalue weighted by atomic mass is 9.49. The second-order valence-electron chi connectivity index (χ2n) is 14.3. The Labute approximate surface area is 216 Å². The summed E-state index contributed by atoms with van der Waals surface area (Å²) in [4.78, 5) is 30.6. The van der Waals surface area contributed by atoms with Crippen LogP contribution in [-0.4, -0.2) is 47.1 Å². The Morgan fingerprint density at radius 1 is 0.917 bits per heavy atom. The average Bonchev–Trinajstić information content (AvgIpc) is 3.68. The highest BCUT2D eigenvalue weighted by atomic mass is 16.3. The highest BCUT2D eigenvalue weighted by Crippen LogP contribution is 2.61. The van der Waals surface area contributed by atoms with Crippen molar-refractivity contribution in [3.8, 4) is 0 Å². The zero-order valence-corrected chi connectivity index (χ0v) is 22.1. The molecule has 6 fully saturated rings. The van der Waals surface area contributed by atoms with Crippen LogP contribution in [0.4, 0.5) is 0 Å². The van der Waals surface area contributed by atoms with Crippen molar-refractivity contribution in [2.45, 2.75) is 115 Å². The van der Waals surface area contributed by atoms with E-state index in [0.29, 0.717) is 23.8 Å². The number of carbonyl (C=O) groups excluding carboxylic acids is 2. The van der Waals surface area contributed by atoms with Crippen LogP contribution >= 0.6 is 0 Å². The summed E-state index contributed by atoms with van der Waals surface area (Å²) in [5.41, 5.74) is 2.51. The molecule has 4 bridgehead atoms. The van der Waals surface area contributed by atoms with E-state index in [4.69, 9.17) is 0 Å². The predicted octanol–water partition coefficient (Wildman–Crippen LogP) is 4.98. The van der Waals surface area contributed by atoms with E-state index < -0.39 is 0 Å². The average molecular weight is 495 g/mol. The Morgan fingerprint density at radius 3 is 2.17 bits per heavy atom. The van der Waals surface area contributed by atoms with E-state index in [2.05, 4.69) is 10.2 Å². The number of nitrogens with zero attached hydrogens (tertiary/aromatic N) is 1. The summed E-state index contributed by atoms with van der Waals surface area (Å²) in [6.45, 7) is 1.16. The quantitative estimate of drug-likeness (QED) is 0.547. The number of amides is 2. The van der Waals surface area contributed by atoms with Crippen molar-refractivity contribution in [1.29, 1.82) is 0 Å². The highest BCUT2D eigenvalue weighted by molar-refractivity contribution is 5.99. The Kier molecular flexibility index (Phi) is 6.02. The van der Waals surface area contributed by atoms with Gasteiger partial charge in [0.1, 0.15) is 0 Å². The third-order valence-corrected chi connectivity index (χ3v) is 11.6. The molecular weight excluding hydrogens is 448 g/mol. The normalized spacial score (nSPS) is 44.1. The van der Waals surface area contributed by atoms with Crippen LogP contribution in [0.2, 0.25) is 0 Å². The molecule has 2 N–H and O–H groups in total. The fourth-order valence-electron chi connectivity index (χ4n) is 10.3. The second-order valence-corrected chi connectivity index (χ2v) is 14.3. The largest absolute Gasteiger partial charge is 0.396 e. The zero-order valence-electron chi connectivity index (χ0n) is 22.1. The van der Waals surface area contributed by atoms with E-state index in [1.165, 1.54) is 44.1 Å². The van der Waals surface area contributed by atoms with Crippen molar-refractivity contribution >= 4 is 11.8 Å². The molecule has 5 nitrogen and oxygen atoms in total. The minimum absolute atomic E-state index is 0.0146. The van der Waals surface area contributed by atoms with Crippen molar-refractivity contribution in [3.05, 3.63) is 11.1 Å². The summed E-state index contributed by atoms with van der Waals surface area (Å²) in [5.74, 6) is 3.73. The van der Waals surface area contributed by atoms with Crippen LogP contribution in [0.3, 0.4) is 0 Å². The second kappa shape index (κ2) is 9.13. The maximum Gasteiger partial charge on any atom is 0.250 e. The first kappa shape index (κ1) is 23.7. The molecule has 0 unspecified atom stereocenters. The Balaban J connectivity index is 1.25. The van der Waals surface area contributed by atoms with Gasteiger partial charge in [-0.05, 0) is 143 Å². The monoisotopic (exact) mass is 494 g/mol. The van der Waals surface area contributed by atoms with E-state index in [1.807, 2.05) is 0 Å². The first-order chi connectivity index (χ1) is 17.5. The molecule has 6 saturated carbocycles. The molecule has 1 aliphatic heterocycles. The number of rotatable bonds is 6. The van der Waals surface area contributed by atoms with Crippen LogP contribution in [0.1, 0.15) is 103 Å². The Morgan fingerprint density at radius 2 is 1.56 bits per heavy atom. The van der Waals surface area contributed by atoms with E-state index >= 15 is 0 Å². The van der Waals surface area contributed by atoms with Gasteiger partial charge < -0.3 is 15.3 Å². The molecule has 0 aromatic rings. The molecule has 2 atom stereocenters. The van der Waals surface area contributed by atoms with Crippen LogP contribution in [0.15, 0.2) is 11.1 Å². The third-order valence-electron chi connectivity index (χ3n) is 11.6. The number of hydrogen-bond donors (Lipinski definition) is 2. The van der Waals surface area contributed by atoms with Gasteiger partial charge in [-0.1, -0.05) is 0 Å². The van der Waals surface area contributed by atoms with Crippen LogP contribution in [0.5, 0.6) is 0 Å². The van der Waals surface area contributed by atoms with E-state index in [1.54, 1.807) is 0 Å². The molecule has 0 aromatic heterocycles. The summed E-state index contributed by atoms with van der Waals surface area (Å²) in [5, 5.41) is 13.2. The smallest absolute Gasteiger partial charge is 0.250 e. The standard InChI is InChI=1S/C31H46N2O3/c34-17-19-5-7-23(8-6-19)28-27(29(35)32-24-9-10-24)25-3-1-2-4-26(25)30(36)33(28)18-31-14-20-11-21(15-31)13-22(12-20)16-31/h19-24,27-28,34H,1-18H2,(H,32,35)/t19?,20?,21?,22?,23?,27-,28+,31?/m1/s1. The van der Waals surface area contributed by atoms with Crippen molar-refractivity contribution in [2.24, 2.45) is 40.9 Å². The predicted molar refractivity (Wildman–Crippen MR) is 139 cm³/mol. The third kappa shape index (κ3) is 4.16. The fourth-order valence-corrected chi connectivity index (χ4v) is 10.3. The number of hydrogen-bond acceptors (Lipinski definition) is 3. The van der Waals surface area contributed by atoms with Gasteiger partial charge in [-0.3, -0.25) is 9.59 Å². The van der Waals surface area contributed by atoms with Crippen LogP contribution in [0.25, 0.3) is 0 Å². The molecule has 36 heavy (non-hydrogen) atoms. The van der Waals surface area contributed by atoms with Gasteiger partial charge in [-0.2, -0.15) is 0 Å². The summed E-state index contributed by atoms with van der Waals surface area (Å²) < 4.78 is 0. The minimum Gasteiger partial charge on any atom is -0.396 e. The maximum absolute atomic E-state index is 14.4. The molecule has 8 aliphatic rings. The fraction of sp³-hybridized carbons (Fsp3) is 0.871. The zero-order chi connectivity index (χ0) is 24.4. The summed E-state index contributed by atoms with van der Waals surface area (Å²) in [6, 6.07) is 0.367. The summed E-state index contributed by atoms with van der Waals surface area (Å²) >= 11 is 0.